The van der Waals surface area contributed by atoms with Crippen LogP contribution in [0.15, 0.2) is 30.3 Å². The Balaban J connectivity index is 2.57. The summed E-state index contributed by atoms with van der Waals surface area (Å²) >= 11 is 29.1. The van der Waals surface area contributed by atoms with Crippen molar-refractivity contribution in [3.8, 4) is 11.4 Å². The molecule has 0 saturated carbocycles. The molecule has 0 aliphatic heterocycles. The molecule has 1 aromatic carbocycles. The number of rotatable bonds is 2. The zero-order valence-electron chi connectivity index (χ0n) is 9.20. The van der Waals surface area contributed by atoms with E-state index in [1.165, 1.54) is 0 Å². The molecule has 1 heterocycles. The average molecular weight is 357 g/mol. The van der Waals surface area contributed by atoms with E-state index in [1.807, 2.05) is 30.3 Å². The van der Waals surface area contributed by atoms with E-state index >= 15 is 0 Å². The van der Waals surface area contributed by atoms with Gasteiger partial charge in [-0.15, -0.1) is 10.2 Å². The minimum Gasteiger partial charge on any atom is -0.225 e. The van der Waals surface area contributed by atoms with E-state index < -0.39 is 8.63 Å². The highest BCUT2D eigenvalue weighted by Gasteiger charge is 2.32. The number of nitrogens with zero attached hydrogens (tertiary/aromatic N) is 3. The van der Waals surface area contributed by atoms with E-state index in [1.54, 1.807) is 0 Å². The van der Waals surface area contributed by atoms with Crippen LogP contribution in [0.3, 0.4) is 0 Å². The van der Waals surface area contributed by atoms with Crippen molar-refractivity contribution in [3.05, 3.63) is 41.7 Å². The Morgan fingerprint density at radius 3 is 2.11 bits per heavy atom. The van der Waals surface area contributed by atoms with Gasteiger partial charge in [0.1, 0.15) is 11.4 Å². The lowest BCUT2D eigenvalue weighted by Crippen LogP contribution is -2.13. The van der Waals surface area contributed by atoms with Crippen LogP contribution >= 0.6 is 58.0 Å². The van der Waals surface area contributed by atoms with Crippen LogP contribution in [0, 0.1) is 0 Å². The molecular weight excluding hydrogens is 351 g/mol. The number of aromatic nitrogens is 3. The summed E-state index contributed by atoms with van der Waals surface area (Å²) in [4.78, 5) is 3.22. The summed E-state index contributed by atoms with van der Waals surface area (Å²) in [5, 5.41) is 7.83. The topological polar surface area (TPSA) is 38.7 Å². The van der Waals surface area contributed by atoms with Crippen LogP contribution in [0.25, 0.3) is 11.4 Å². The first-order valence-corrected chi connectivity index (χ1v) is 7.05. The number of benzene rings is 1. The minimum absolute atomic E-state index is 0.0707. The Morgan fingerprint density at radius 2 is 1.58 bits per heavy atom. The number of alkyl halides is 5. The lowest BCUT2D eigenvalue weighted by atomic mass is 10.2. The first-order valence-electron chi connectivity index (χ1n) is 5.05. The van der Waals surface area contributed by atoms with Crippen LogP contribution in [0.4, 0.5) is 0 Å². The predicted molar refractivity (Wildman–Crippen MR) is 78.9 cm³/mol. The van der Waals surface area contributed by atoms with Gasteiger partial charge in [0.2, 0.25) is 3.79 Å². The van der Waals surface area contributed by atoms with Crippen LogP contribution < -0.4 is 0 Å². The molecule has 1 aromatic heterocycles. The Labute approximate surface area is 134 Å². The normalized spacial score (nSPS) is 11.9. The van der Waals surface area contributed by atoms with Gasteiger partial charge >= 0.3 is 0 Å². The first kappa shape index (κ1) is 15.1. The third-order valence-electron chi connectivity index (χ3n) is 2.22. The molecule has 0 fully saturated rings. The Bertz CT molecular complexity index is 568. The maximum absolute atomic E-state index is 5.85. The molecule has 19 heavy (non-hydrogen) atoms. The average Bonchev–Trinajstić information content (AvgIpc) is 2.38. The summed E-state index contributed by atoms with van der Waals surface area (Å²) in [5.41, 5.74) is 0.946. The molecule has 0 saturated heterocycles. The van der Waals surface area contributed by atoms with Crippen LogP contribution in [0.2, 0.25) is 0 Å². The van der Waals surface area contributed by atoms with Gasteiger partial charge in [-0.1, -0.05) is 88.3 Å². The molecule has 0 aliphatic rings. The van der Waals surface area contributed by atoms with Gasteiger partial charge in [-0.3, -0.25) is 0 Å². The second-order valence-corrected chi connectivity index (χ2v) is 6.91. The van der Waals surface area contributed by atoms with Crippen molar-refractivity contribution in [2.45, 2.75) is 8.63 Å². The molecule has 0 atom stereocenters. The van der Waals surface area contributed by atoms with Gasteiger partial charge < -0.3 is 0 Å². The second-order valence-electron chi connectivity index (χ2n) is 3.53. The molecule has 8 heteroatoms. The fourth-order valence-electron chi connectivity index (χ4n) is 1.40. The van der Waals surface area contributed by atoms with Crippen molar-refractivity contribution in [2.24, 2.45) is 0 Å². The van der Waals surface area contributed by atoms with Crippen LogP contribution in [-0.4, -0.2) is 15.2 Å². The van der Waals surface area contributed by atoms with Crippen LogP contribution in [0.1, 0.15) is 16.2 Å². The highest BCUT2D eigenvalue weighted by atomic mass is 35.6. The monoisotopic (exact) mass is 355 g/mol. The lowest BCUT2D eigenvalue weighted by Gasteiger charge is -2.15. The second kappa shape index (κ2) is 5.98. The lowest BCUT2D eigenvalue weighted by molar-refractivity contribution is 0.863. The summed E-state index contributed by atoms with van der Waals surface area (Å²) in [5.74, 6) is 0.333. The third kappa shape index (κ3) is 3.61. The van der Waals surface area contributed by atoms with Crippen molar-refractivity contribution in [3.63, 3.8) is 0 Å². The van der Waals surface area contributed by atoms with Crippen molar-refractivity contribution in [2.75, 3.05) is 0 Å². The maximum atomic E-state index is 5.85. The smallest absolute Gasteiger partial charge is 0.225 e. The molecule has 0 amide bonds. The summed E-state index contributed by atoms with van der Waals surface area (Å²) in [6, 6.07) is 9.19. The van der Waals surface area contributed by atoms with Gasteiger partial charge in [-0.05, 0) is 0 Å². The molecule has 0 bridgehead atoms. The fourth-order valence-corrected chi connectivity index (χ4v) is 2.11. The van der Waals surface area contributed by atoms with Gasteiger partial charge in [-0.25, -0.2) is 4.98 Å². The van der Waals surface area contributed by atoms with Crippen molar-refractivity contribution in [1.82, 2.24) is 15.2 Å². The van der Waals surface area contributed by atoms with E-state index in [0.29, 0.717) is 5.82 Å². The molecule has 100 valence electrons. The van der Waals surface area contributed by atoms with E-state index in [9.17, 15) is 0 Å². The highest BCUT2D eigenvalue weighted by Crippen LogP contribution is 2.41. The molecule has 0 N–H and O–H groups in total. The highest BCUT2D eigenvalue weighted by molar-refractivity contribution is 6.66. The number of hydrogen-bond acceptors (Lipinski definition) is 3. The van der Waals surface area contributed by atoms with Gasteiger partial charge in [-0.2, -0.15) is 0 Å². The van der Waals surface area contributed by atoms with E-state index in [-0.39, 0.29) is 11.4 Å². The molecule has 0 aliphatic carbocycles. The zero-order chi connectivity index (χ0) is 14.0. The van der Waals surface area contributed by atoms with Gasteiger partial charge in [0, 0.05) is 5.56 Å². The fraction of sp³-hybridized carbons (Fsp3) is 0.182. The van der Waals surface area contributed by atoms with Crippen molar-refractivity contribution < 1.29 is 0 Å². The summed E-state index contributed by atoms with van der Waals surface area (Å²) in [6.45, 7) is 0. The van der Waals surface area contributed by atoms with Crippen molar-refractivity contribution >= 4 is 58.0 Å². The van der Waals surface area contributed by atoms with E-state index in [2.05, 4.69) is 15.2 Å². The quantitative estimate of drug-likeness (QED) is 0.722. The van der Waals surface area contributed by atoms with Gasteiger partial charge in [0.15, 0.2) is 10.7 Å². The molecule has 0 radical (unpaired) electrons. The molecular formula is C11H6Cl5N3. The van der Waals surface area contributed by atoms with E-state index in [4.69, 9.17) is 58.0 Å². The molecule has 0 spiro atoms. The third-order valence-corrected chi connectivity index (χ3v) is 3.17. The molecule has 2 rings (SSSR count). The SMILES string of the molecule is ClC(Cl)c1nnc(-c2ccccc2)nc1C(Cl)(Cl)Cl. The van der Waals surface area contributed by atoms with Crippen LogP contribution in [-0.2, 0) is 3.79 Å². The number of halogens is 5. The summed E-state index contributed by atoms with van der Waals surface area (Å²) in [7, 11) is 0. The Morgan fingerprint density at radius 1 is 0.947 bits per heavy atom. The zero-order valence-corrected chi connectivity index (χ0v) is 13.0. The molecule has 0 unspecified atom stereocenters. The predicted octanol–water partition coefficient (Wildman–Crippen LogP) is 4.84. The summed E-state index contributed by atoms with van der Waals surface area (Å²) in [6.07, 6.45) is 0. The minimum atomic E-state index is -1.78. The van der Waals surface area contributed by atoms with Crippen LogP contribution in [0.5, 0.6) is 0 Å². The van der Waals surface area contributed by atoms with Gasteiger partial charge in [0.05, 0.1) is 0 Å². The van der Waals surface area contributed by atoms with E-state index in [0.717, 1.165) is 5.56 Å². The molecule has 2 aromatic rings. The molecule has 3 nitrogen and oxygen atoms in total. The Hall–Kier alpha value is -0.320. The van der Waals surface area contributed by atoms with Crippen molar-refractivity contribution in [1.29, 1.82) is 0 Å². The summed E-state index contributed by atoms with van der Waals surface area (Å²) < 4.78 is -1.78. The standard InChI is InChI=1S/C11H6Cl5N3/c12-9(13)7-8(11(14,15)16)17-10(19-18-7)6-4-2-1-3-5-6/h1-5,9H. The largest absolute Gasteiger partial charge is 0.234 e. The van der Waals surface area contributed by atoms with Gasteiger partial charge in [0.25, 0.3) is 0 Å². The maximum Gasteiger partial charge on any atom is 0.234 e. The first-order chi connectivity index (χ1) is 8.89. The number of hydrogen-bond donors (Lipinski definition) is 0. The Kier molecular flexibility index (Phi) is 4.75.